The topological polar surface area (TPSA) is 3.24 Å². The molecule has 5 rings (SSSR count). The summed E-state index contributed by atoms with van der Waals surface area (Å²) >= 11 is 0. The number of hydrogen-bond donors (Lipinski definition) is 0. The number of benzene rings is 5. The first kappa shape index (κ1) is 22.2. The normalized spacial score (nSPS) is 11.5. The Morgan fingerprint density at radius 1 is 0.457 bits per heavy atom. The molecule has 0 aliphatic carbocycles. The molecule has 5 aromatic carbocycles. The zero-order valence-electron chi connectivity index (χ0n) is 19.5. The molecule has 0 atom stereocenters. The van der Waals surface area contributed by atoms with E-state index in [2.05, 4.69) is 163 Å². The fourth-order valence-electron chi connectivity index (χ4n) is 4.16. The molecule has 0 saturated carbocycles. The second-order valence-corrected chi connectivity index (χ2v) is 8.28. The van der Waals surface area contributed by atoms with Gasteiger partial charge in [-0.2, -0.15) is 0 Å². The van der Waals surface area contributed by atoms with Gasteiger partial charge in [0.2, 0.25) is 0 Å². The van der Waals surface area contributed by atoms with Gasteiger partial charge in [0.1, 0.15) is 0 Å². The fourth-order valence-corrected chi connectivity index (χ4v) is 4.16. The van der Waals surface area contributed by atoms with Crippen LogP contribution < -0.4 is 4.90 Å². The van der Waals surface area contributed by atoms with E-state index in [-0.39, 0.29) is 0 Å². The summed E-state index contributed by atoms with van der Waals surface area (Å²) in [5.74, 6) is 0. The zero-order valence-corrected chi connectivity index (χ0v) is 19.5. The van der Waals surface area contributed by atoms with Crippen molar-refractivity contribution in [1.82, 2.24) is 0 Å². The van der Waals surface area contributed by atoms with E-state index >= 15 is 0 Å². The Balaban J connectivity index is 1.70. The maximum absolute atomic E-state index is 2.35. The number of nitrogens with zero attached hydrogens (tertiary/aromatic N) is 1. The molecular formula is C34H27N. The summed E-state index contributed by atoms with van der Waals surface area (Å²) < 4.78 is 0. The van der Waals surface area contributed by atoms with Crippen molar-refractivity contribution in [1.29, 1.82) is 0 Å². The molecule has 35 heavy (non-hydrogen) atoms. The van der Waals surface area contributed by atoms with Crippen molar-refractivity contribution < 1.29 is 0 Å². The molecule has 0 amide bonds. The van der Waals surface area contributed by atoms with Gasteiger partial charge in [0.05, 0.1) is 11.4 Å². The molecule has 5 aromatic rings. The smallest absolute Gasteiger partial charge is 0.0540 e. The Morgan fingerprint density at radius 2 is 0.971 bits per heavy atom. The van der Waals surface area contributed by atoms with E-state index in [1.54, 1.807) is 0 Å². The lowest BCUT2D eigenvalue weighted by molar-refractivity contribution is 1.29. The van der Waals surface area contributed by atoms with Crippen LogP contribution in [0.5, 0.6) is 0 Å². The summed E-state index contributed by atoms with van der Waals surface area (Å²) in [6.45, 7) is 0. The van der Waals surface area contributed by atoms with E-state index in [0.29, 0.717) is 0 Å². The van der Waals surface area contributed by atoms with Crippen LogP contribution in [0.15, 0.2) is 146 Å². The second kappa shape index (κ2) is 11.0. The average molecular weight is 450 g/mol. The van der Waals surface area contributed by atoms with Crippen LogP contribution in [0.1, 0.15) is 22.3 Å². The van der Waals surface area contributed by atoms with Gasteiger partial charge in [0.15, 0.2) is 0 Å². The van der Waals surface area contributed by atoms with Gasteiger partial charge in [-0.1, -0.05) is 140 Å². The lowest BCUT2D eigenvalue weighted by atomic mass is 10.0. The molecule has 0 aliphatic rings. The van der Waals surface area contributed by atoms with E-state index in [0.717, 1.165) is 33.8 Å². The Bertz CT molecular complexity index is 1400. The lowest BCUT2D eigenvalue weighted by Crippen LogP contribution is -2.16. The summed E-state index contributed by atoms with van der Waals surface area (Å²) in [4.78, 5) is 2.35. The van der Waals surface area contributed by atoms with Gasteiger partial charge in [0, 0.05) is 5.69 Å². The minimum absolute atomic E-state index is 1.11. The van der Waals surface area contributed by atoms with Gasteiger partial charge in [-0.25, -0.2) is 0 Å². The average Bonchev–Trinajstić information content (AvgIpc) is 2.94. The van der Waals surface area contributed by atoms with Crippen LogP contribution >= 0.6 is 0 Å². The minimum Gasteiger partial charge on any atom is -0.309 e. The molecule has 1 heteroatoms. The van der Waals surface area contributed by atoms with Gasteiger partial charge >= 0.3 is 0 Å². The van der Waals surface area contributed by atoms with E-state index in [4.69, 9.17) is 0 Å². The number of hydrogen-bond acceptors (Lipinski definition) is 1. The quantitative estimate of drug-likeness (QED) is 0.224. The molecular weight excluding hydrogens is 422 g/mol. The number of anilines is 2. The first-order valence-corrected chi connectivity index (χ1v) is 11.9. The molecule has 0 heterocycles. The van der Waals surface area contributed by atoms with Gasteiger partial charge in [-0.3, -0.25) is 0 Å². The fraction of sp³-hybridized carbons (Fsp3) is 0. The van der Waals surface area contributed by atoms with E-state index in [1.807, 2.05) is 6.07 Å². The van der Waals surface area contributed by atoms with Crippen LogP contribution in [-0.2, 0) is 0 Å². The minimum atomic E-state index is 1.11. The SMILES string of the molecule is C(=Cc1ccccc1N(C(=Cc1ccccc1)c1ccccc1)c1ccccc1)c1ccccc1. The molecule has 0 N–H and O–H groups in total. The van der Waals surface area contributed by atoms with Crippen LogP contribution in [0.3, 0.4) is 0 Å². The highest BCUT2D eigenvalue weighted by molar-refractivity contribution is 5.98. The van der Waals surface area contributed by atoms with E-state index < -0.39 is 0 Å². The van der Waals surface area contributed by atoms with Crippen molar-refractivity contribution in [3.8, 4) is 0 Å². The maximum atomic E-state index is 2.35. The number of para-hydroxylation sites is 2. The summed E-state index contributed by atoms with van der Waals surface area (Å²) in [6, 6.07) is 50.7. The van der Waals surface area contributed by atoms with Crippen molar-refractivity contribution in [3.63, 3.8) is 0 Å². The largest absolute Gasteiger partial charge is 0.309 e. The number of rotatable bonds is 7. The van der Waals surface area contributed by atoms with Gasteiger partial charge in [-0.15, -0.1) is 0 Å². The van der Waals surface area contributed by atoms with Crippen molar-refractivity contribution in [2.24, 2.45) is 0 Å². The summed E-state index contributed by atoms with van der Waals surface area (Å²) in [6.07, 6.45) is 6.64. The molecule has 0 aromatic heterocycles. The molecule has 0 spiro atoms. The predicted molar refractivity (Wildman–Crippen MR) is 151 cm³/mol. The van der Waals surface area contributed by atoms with Gasteiger partial charge in [-0.05, 0) is 46.5 Å². The van der Waals surface area contributed by atoms with E-state index in [1.165, 1.54) is 5.56 Å². The summed E-state index contributed by atoms with van der Waals surface area (Å²) in [7, 11) is 0. The highest BCUT2D eigenvalue weighted by atomic mass is 15.2. The van der Waals surface area contributed by atoms with Gasteiger partial charge in [0.25, 0.3) is 0 Å². The third kappa shape index (κ3) is 5.48. The van der Waals surface area contributed by atoms with E-state index in [9.17, 15) is 0 Å². The van der Waals surface area contributed by atoms with Crippen molar-refractivity contribution >= 4 is 35.3 Å². The molecule has 0 bridgehead atoms. The molecule has 168 valence electrons. The summed E-state index contributed by atoms with van der Waals surface area (Å²) in [5.41, 5.74) is 7.98. The third-order valence-electron chi connectivity index (χ3n) is 5.86. The van der Waals surface area contributed by atoms with Crippen molar-refractivity contribution in [3.05, 3.63) is 168 Å². The zero-order chi connectivity index (χ0) is 23.7. The second-order valence-electron chi connectivity index (χ2n) is 8.28. The van der Waals surface area contributed by atoms with Crippen LogP contribution in [0.2, 0.25) is 0 Å². The van der Waals surface area contributed by atoms with Crippen LogP contribution in [0.4, 0.5) is 11.4 Å². The summed E-state index contributed by atoms with van der Waals surface area (Å²) in [5, 5.41) is 0. The third-order valence-corrected chi connectivity index (χ3v) is 5.86. The Labute approximate surface area is 208 Å². The Hall–Kier alpha value is -4.62. The standard InChI is InChI=1S/C34H27N/c1-5-15-28(16-6-1)25-26-31-21-13-14-24-33(31)35(32-22-11-4-12-23-32)34(30-19-9-3-10-20-30)27-29-17-7-2-8-18-29/h1-27H. The molecule has 0 unspecified atom stereocenters. The Kier molecular flexibility index (Phi) is 6.97. The van der Waals surface area contributed by atoms with Crippen LogP contribution in [0, 0.1) is 0 Å². The maximum Gasteiger partial charge on any atom is 0.0540 e. The first-order chi connectivity index (χ1) is 17.4. The molecule has 0 radical (unpaired) electrons. The predicted octanol–water partition coefficient (Wildman–Crippen LogP) is 9.19. The monoisotopic (exact) mass is 449 g/mol. The molecule has 1 nitrogen and oxygen atoms in total. The van der Waals surface area contributed by atoms with Crippen molar-refractivity contribution in [2.75, 3.05) is 4.90 Å². The Morgan fingerprint density at radius 3 is 1.63 bits per heavy atom. The lowest BCUT2D eigenvalue weighted by Gasteiger charge is -2.30. The first-order valence-electron chi connectivity index (χ1n) is 11.9. The molecule has 0 saturated heterocycles. The van der Waals surface area contributed by atoms with Crippen molar-refractivity contribution in [2.45, 2.75) is 0 Å². The molecule has 0 fully saturated rings. The highest BCUT2D eigenvalue weighted by Crippen LogP contribution is 2.38. The van der Waals surface area contributed by atoms with Gasteiger partial charge < -0.3 is 4.90 Å². The molecule has 0 aliphatic heterocycles. The van der Waals surface area contributed by atoms with Crippen LogP contribution in [0.25, 0.3) is 23.9 Å². The highest BCUT2D eigenvalue weighted by Gasteiger charge is 2.18. The van der Waals surface area contributed by atoms with Crippen LogP contribution in [-0.4, -0.2) is 0 Å².